The van der Waals surface area contributed by atoms with Crippen LogP contribution in [-0.4, -0.2) is 17.6 Å². The molecule has 1 unspecified atom stereocenters. The second-order valence-corrected chi connectivity index (χ2v) is 6.09. The number of ether oxygens (including phenoxy) is 1. The van der Waals surface area contributed by atoms with Crippen molar-refractivity contribution in [3.05, 3.63) is 58.1 Å². The number of alkyl halides is 1. The quantitative estimate of drug-likeness (QED) is 0.756. The minimum atomic E-state index is 0.180. The summed E-state index contributed by atoms with van der Waals surface area (Å²) >= 11 is 11.9. The molecule has 2 aromatic carbocycles. The van der Waals surface area contributed by atoms with Crippen LogP contribution in [0.2, 0.25) is 5.02 Å². The van der Waals surface area contributed by atoms with Gasteiger partial charge in [0.1, 0.15) is 18.4 Å². The molecule has 0 fully saturated rings. The highest BCUT2D eigenvalue weighted by Crippen LogP contribution is 2.32. The maximum atomic E-state index is 9.58. The van der Waals surface area contributed by atoms with Crippen LogP contribution in [0.5, 0.6) is 11.5 Å². The van der Waals surface area contributed by atoms with Crippen molar-refractivity contribution in [2.75, 3.05) is 12.5 Å². The van der Waals surface area contributed by atoms with Gasteiger partial charge in [-0.1, -0.05) is 30.7 Å². The Labute approximate surface area is 146 Å². The van der Waals surface area contributed by atoms with Crippen molar-refractivity contribution in [3.8, 4) is 17.6 Å². The first-order valence-corrected chi connectivity index (χ1v) is 8.16. The molecule has 0 aliphatic carbocycles. The lowest BCUT2D eigenvalue weighted by molar-refractivity contribution is 0.342. The Hall–Kier alpha value is -1.89. The molecule has 0 aromatic heterocycles. The van der Waals surface area contributed by atoms with Gasteiger partial charge in [-0.15, -0.1) is 11.6 Å². The largest absolute Gasteiger partial charge is 0.508 e. The molecule has 0 saturated carbocycles. The minimum absolute atomic E-state index is 0.180. The third-order valence-corrected chi connectivity index (χ3v) is 3.96. The van der Waals surface area contributed by atoms with Crippen molar-refractivity contribution < 1.29 is 9.84 Å². The molecule has 0 heterocycles. The summed E-state index contributed by atoms with van der Waals surface area (Å²) in [5.74, 6) is 1.13. The molecule has 0 saturated heterocycles. The molecule has 2 rings (SSSR count). The number of benzene rings is 2. The van der Waals surface area contributed by atoms with Gasteiger partial charge in [-0.25, -0.2) is 0 Å². The zero-order valence-corrected chi connectivity index (χ0v) is 14.2. The molecule has 5 heteroatoms. The van der Waals surface area contributed by atoms with Crippen LogP contribution in [0.15, 0.2) is 36.4 Å². The zero-order valence-electron chi connectivity index (χ0n) is 12.7. The molecule has 2 aromatic rings. The monoisotopic (exact) mass is 349 g/mol. The Morgan fingerprint density at radius 2 is 2.09 bits per heavy atom. The van der Waals surface area contributed by atoms with Crippen LogP contribution in [0.4, 0.5) is 0 Å². The highest BCUT2D eigenvalue weighted by molar-refractivity contribution is 6.32. The van der Waals surface area contributed by atoms with Gasteiger partial charge in [0.25, 0.3) is 0 Å². The van der Waals surface area contributed by atoms with E-state index in [1.54, 1.807) is 18.2 Å². The van der Waals surface area contributed by atoms with E-state index in [4.69, 9.17) is 27.9 Å². The van der Waals surface area contributed by atoms with Crippen molar-refractivity contribution in [1.82, 2.24) is 0 Å². The van der Waals surface area contributed by atoms with Crippen LogP contribution in [0.25, 0.3) is 0 Å². The lowest BCUT2D eigenvalue weighted by atomic mass is 9.93. The summed E-state index contributed by atoms with van der Waals surface area (Å²) in [6, 6.07) is 12.9. The van der Waals surface area contributed by atoms with E-state index in [9.17, 15) is 10.4 Å². The Morgan fingerprint density at radius 1 is 1.30 bits per heavy atom. The lowest BCUT2D eigenvalue weighted by Gasteiger charge is -2.15. The number of phenolic OH excluding ortho intramolecular Hbond substituents is 1. The smallest absolute Gasteiger partial charge is 0.155 e. The number of aromatic hydroxyl groups is 1. The molecule has 0 amide bonds. The Kier molecular flexibility index (Phi) is 6.15. The van der Waals surface area contributed by atoms with E-state index >= 15 is 0 Å². The number of hydrogen-bond acceptors (Lipinski definition) is 3. The van der Waals surface area contributed by atoms with E-state index in [0.717, 1.165) is 11.1 Å². The number of nitriles is 1. The van der Waals surface area contributed by atoms with E-state index in [-0.39, 0.29) is 11.7 Å². The van der Waals surface area contributed by atoms with Gasteiger partial charge in [0.2, 0.25) is 0 Å². The molecule has 1 N–H and O–H groups in total. The summed E-state index contributed by atoms with van der Waals surface area (Å²) in [7, 11) is 0. The van der Waals surface area contributed by atoms with Crippen LogP contribution in [-0.2, 0) is 6.42 Å². The topological polar surface area (TPSA) is 53.2 Å². The van der Waals surface area contributed by atoms with E-state index in [1.165, 1.54) is 0 Å². The Balaban J connectivity index is 2.23. The number of halogens is 2. The van der Waals surface area contributed by atoms with Gasteiger partial charge in [0, 0.05) is 0 Å². The first-order valence-electron chi connectivity index (χ1n) is 7.25. The minimum Gasteiger partial charge on any atom is -0.508 e. The van der Waals surface area contributed by atoms with Gasteiger partial charge >= 0.3 is 0 Å². The molecule has 0 radical (unpaired) electrons. The van der Waals surface area contributed by atoms with Gasteiger partial charge in [-0.3, -0.25) is 0 Å². The summed E-state index contributed by atoms with van der Waals surface area (Å²) in [6.45, 7) is 2.36. The third-order valence-electron chi connectivity index (χ3n) is 3.53. The van der Waals surface area contributed by atoms with Gasteiger partial charge in [-0.2, -0.15) is 5.26 Å². The van der Waals surface area contributed by atoms with Crippen molar-refractivity contribution in [2.24, 2.45) is 0 Å². The van der Waals surface area contributed by atoms with E-state index < -0.39 is 0 Å². The predicted octanol–water partition coefficient (Wildman–Crippen LogP) is 4.88. The molecule has 0 spiro atoms. The molecule has 0 aliphatic heterocycles. The second-order valence-electron chi connectivity index (χ2n) is 5.30. The lowest BCUT2D eigenvalue weighted by Crippen LogP contribution is -2.03. The number of rotatable bonds is 6. The molecule has 0 aliphatic rings. The summed E-state index contributed by atoms with van der Waals surface area (Å²) in [4.78, 5) is 0. The van der Waals surface area contributed by atoms with Crippen molar-refractivity contribution in [1.29, 1.82) is 5.26 Å². The fraction of sp³-hybridized carbons (Fsp3) is 0.278. The molecular weight excluding hydrogens is 333 g/mol. The standard InChI is InChI=1S/C18H17Cl2NO2/c1-12(14-3-2-4-16(22)10-14)7-13-8-15(11-21)18(17(20)9-13)23-6-5-19/h2-4,8-10,12,22H,5-7H2,1H3. The van der Waals surface area contributed by atoms with E-state index in [0.29, 0.717) is 35.2 Å². The summed E-state index contributed by atoms with van der Waals surface area (Å²) in [5.41, 5.74) is 2.38. The number of phenols is 1. The van der Waals surface area contributed by atoms with Crippen LogP contribution in [0.1, 0.15) is 29.5 Å². The van der Waals surface area contributed by atoms with Crippen molar-refractivity contribution in [3.63, 3.8) is 0 Å². The van der Waals surface area contributed by atoms with E-state index in [2.05, 4.69) is 13.0 Å². The highest BCUT2D eigenvalue weighted by Gasteiger charge is 2.14. The summed E-state index contributed by atoms with van der Waals surface area (Å²) in [6.07, 6.45) is 0.702. The second kappa shape index (κ2) is 8.10. The van der Waals surface area contributed by atoms with Crippen LogP contribution in [0.3, 0.4) is 0 Å². The molecule has 23 heavy (non-hydrogen) atoms. The summed E-state index contributed by atoms with van der Waals surface area (Å²) < 4.78 is 5.45. The van der Waals surface area contributed by atoms with Gasteiger partial charge < -0.3 is 9.84 Å². The summed E-state index contributed by atoms with van der Waals surface area (Å²) in [5, 5.41) is 19.3. The predicted molar refractivity (Wildman–Crippen MR) is 92.6 cm³/mol. The van der Waals surface area contributed by atoms with E-state index in [1.807, 2.05) is 18.2 Å². The molecule has 0 bridgehead atoms. The molecular formula is C18H17Cl2NO2. The average Bonchev–Trinajstić information content (AvgIpc) is 2.53. The molecule has 1 atom stereocenters. The SMILES string of the molecule is CC(Cc1cc(Cl)c(OCCCl)c(C#N)c1)c1cccc(O)c1. The zero-order chi connectivity index (χ0) is 16.8. The van der Waals surface area contributed by atoms with Crippen molar-refractivity contribution in [2.45, 2.75) is 19.3 Å². The maximum Gasteiger partial charge on any atom is 0.155 e. The first kappa shape index (κ1) is 17.5. The molecule has 3 nitrogen and oxygen atoms in total. The third kappa shape index (κ3) is 4.54. The normalized spacial score (nSPS) is 11.7. The first-order chi connectivity index (χ1) is 11.0. The fourth-order valence-corrected chi connectivity index (χ4v) is 2.81. The van der Waals surface area contributed by atoms with Crippen molar-refractivity contribution >= 4 is 23.2 Å². The fourth-order valence-electron chi connectivity index (χ4n) is 2.44. The Morgan fingerprint density at radius 3 is 2.74 bits per heavy atom. The van der Waals surface area contributed by atoms with Crippen LogP contribution in [0, 0.1) is 11.3 Å². The van der Waals surface area contributed by atoms with Gasteiger partial charge in [0.05, 0.1) is 16.5 Å². The average molecular weight is 350 g/mol. The van der Waals surface area contributed by atoms with Gasteiger partial charge in [-0.05, 0) is 47.7 Å². The number of hydrogen-bond donors (Lipinski definition) is 1. The highest BCUT2D eigenvalue weighted by atomic mass is 35.5. The maximum absolute atomic E-state index is 9.58. The molecule has 120 valence electrons. The number of nitrogens with zero attached hydrogens (tertiary/aromatic N) is 1. The van der Waals surface area contributed by atoms with Crippen LogP contribution < -0.4 is 4.74 Å². The van der Waals surface area contributed by atoms with Gasteiger partial charge in [0.15, 0.2) is 5.75 Å². The Bertz CT molecular complexity index is 725. The van der Waals surface area contributed by atoms with Crippen LogP contribution >= 0.6 is 23.2 Å².